The maximum atomic E-state index is 13.6. The predicted molar refractivity (Wildman–Crippen MR) is 127 cm³/mol. The van der Waals surface area contributed by atoms with Gasteiger partial charge in [0.1, 0.15) is 5.54 Å². The number of likely N-dealkylation sites (tertiary alicyclic amines) is 1. The van der Waals surface area contributed by atoms with Gasteiger partial charge in [-0.2, -0.15) is 0 Å². The predicted octanol–water partition coefficient (Wildman–Crippen LogP) is 1.55. The van der Waals surface area contributed by atoms with Crippen molar-refractivity contribution >= 4 is 35.2 Å². The maximum absolute atomic E-state index is 13.6. The molecule has 4 heterocycles. The van der Waals surface area contributed by atoms with E-state index in [9.17, 15) is 24.0 Å². The van der Waals surface area contributed by atoms with Crippen LogP contribution in [0.25, 0.3) is 0 Å². The molecule has 0 saturated carbocycles. The molecule has 0 radical (unpaired) electrons. The summed E-state index contributed by atoms with van der Waals surface area (Å²) < 4.78 is 0. The van der Waals surface area contributed by atoms with Crippen molar-refractivity contribution in [2.24, 2.45) is 17.8 Å². The Morgan fingerprint density at radius 2 is 1.49 bits per heavy atom. The number of carbonyl (C=O) groups is 5. The molecule has 1 spiro atoms. The molecule has 2 fully saturated rings. The Kier molecular flexibility index (Phi) is 5.83. The normalized spacial score (nSPS) is 29.2. The zero-order chi connectivity index (χ0) is 24.9. The lowest BCUT2D eigenvalue weighted by Crippen LogP contribution is -2.54. The molecule has 9 nitrogen and oxygen atoms in total. The molecule has 0 aliphatic carbocycles. The second-order valence-corrected chi connectivity index (χ2v) is 10.1. The highest BCUT2D eigenvalue weighted by atomic mass is 16.2. The largest absolute Gasteiger partial charge is 0.324 e. The fraction of sp³-hybridized carbons (Fsp3) is 0.500. The Morgan fingerprint density at radius 1 is 0.857 bits per heavy atom. The highest BCUT2D eigenvalue weighted by Crippen LogP contribution is 2.53. The minimum atomic E-state index is -1.24. The van der Waals surface area contributed by atoms with Gasteiger partial charge in [-0.05, 0) is 24.8 Å². The number of para-hydroxylation sites is 1. The summed E-state index contributed by atoms with van der Waals surface area (Å²) in [6.45, 7) is 4.67. The second-order valence-electron chi connectivity index (χ2n) is 10.1. The molecule has 5 rings (SSSR count). The molecule has 184 valence electrons. The summed E-state index contributed by atoms with van der Waals surface area (Å²) in [5, 5.41) is 6.34. The van der Waals surface area contributed by atoms with Gasteiger partial charge in [0.15, 0.2) is 0 Å². The number of rotatable bonds is 8. The quantitative estimate of drug-likeness (QED) is 0.433. The topological polar surface area (TPSA) is 116 Å². The number of amides is 5. The molecular formula is C26H30N4O5. The number of nitrogens with zero attached hydrogens (tertiary/aromatic N) is 2. The number of nitrogens with one attached hydrogen (secondary N) is 2. The summed E-state index contributed by atoms with van der Waals surface area (Å²) in [6.07, 6.45) is 5.39. The SMILES string of the molecule is CC(C)[C@@H]1N[C@@]2(C(=O)Nc3ccccc32)[C@@H]2C(=O)N(CCCCCCN3C(=O)C=CC3=O)C(=O)[C@@H]21. The van der Waals surface area contributed by atoms with E-state index >= 15 is 0 Å². The second kappa shape index (κ2) is 8.71. The highest BCUT2D eigenvalue weighted by Gasteiger charge is 2.70. The van der Waals surface area contributed by atoms with E-state index in [0.717, 1.165) is 18.4 Å². The Hall–Kier alpha value is -3.33. The number of fused-ring (bicyclic) bond motifs is 4. The molecule has 1 aromatic rings. The zero-order valence-corrected chi connectivity index (χ0v) is 20.0. The van der Waals surface area contributed by atoms with E-state index in [1.54, 1.807) is 0 Å². The van der Waals surface area contributed by atoms with Crippen molar-refractivity contribution in [3.63, 3.8) is 0 Å². The lowest BCUT2D eigenvalue weighted by atomic mass is 9.76. The third kappa shape index (κ3) is 3.52. The van der Waals surface area contributed by atoms with Crippen LogP contribution in [0.15, 0.2) is 36.4 Å². The van der Waals surface area contributed by atoms with Crippen molar-refractivity contribution in [3.05, 3.63) is 42.0 Å². The van der Waals surface area contributed by atoms with Crippen LogP contribution in [0.1, 0.15) is 45.1 Å². The first-order valence-electron chi connectivity index (χ1n) is 12.3. The third-order valence-corrected chi connectivity index (χ3v) is 7.78. The summed E-state index contributed by atoms with van der Waals surface area (Å²) in [7, 11) is 0. The number of hydrogen-bond acceptors (Lipinski definition) is 6. The van der Waals surface area contributed by atoms with Crippen molar-refractivity contribution in [1.82, 2.24) is 15.1 Å². The van der Waals surface area contributed by atoms with Crippen molar-refractivity contribution in [2.75, 3.05) is 18.4 Å². The summed E-state index contributed by atoms with van der Waals surface area (Å²) >= 11 is 0. The standard InChI is InChI=1S/C26H30N4O5/c1-15(2)22-20-21(26(28-22)16-9-5-6-10-17(16)27-25(26)35)24(34)30(23(20)33)14-8-4-3-7-13-29-18(31)11-12-19(29)32/h5-6,9-12,15,20-22,28H,3-4,7-8,13-14H2,1-2H3,(H,27,35)/t20-,21-,22-,26+/m0/s1. The molecule has 9 heteroatoms. The van der Waals surface area contributed by atoms with Crippen LogP contribution in [-0.4, -0.2) is 58.5 Å². The van der Waals surface area contributed by atoms with Gasteiger partial charge in [0.2, 0.25) is 17.7 Å². The Labute approximate surface area is 203 Å². The minimum absolute atomic E-state index is 0.0598. The molecule has 4 atom stereocenters. The van der Waals surface area contributed by atoms with Crippen LogP contribution in [0.4, 0.5) is 5.69 Å². The number of benzene rings is 1. The van der Waals surface area contributed by atoms with Crippen molar-refractivity contribution < 1.29 is 24.0 Å². The number of unbranched alkanes of at least 4 members (excludes halogenated alkanes) is 3. The molecule has 0 bridgehead atoms. The summed E-state index contributed by atoms with van der Waals surface area (Å²) in [5.74, 6) is -2.64. The first-order valence-corrected chi connectivity index (χ1v) is 12.3. The number of hydrogen-bond donors (Lipinski definition) is 2. The van der Waals surface area contributed by atoms with E-state index in [1.165, 1.54) is 22.0 Å². The average molecular weight is 479 g/mol. The van der Waals surface area contributed by atoms with Crippen LogP contribution >= 0.6 is 0 Å². The summed E-state index contributed by atoms with van der Waals surface area (Å²) in [5.41, 5.74) is 0.171. The lowest BCUT2D eigenvalue weighted by Gasteiger charge is -2.30. The molecule has 2 saturated heterocycles. The fourth-order valence-electron chi connectivity index (χ4n) is 6.09. The zero-order valence-electron chi connectivity index (χ0n) is 20.0. The molecule has 4 aliphatic heterocycles. The number of carbonyl (C=O) groups excluding carboxylic acids is 5. The van der Waals surface area contributed by atoms with Crippen LogP contribution in [0.3, 0.4) is 0 Å². The Balaban J connectivity index is 1.26. The number of anilines is 1. The van der Waals surface area contributed by atoms with Gasteiger partial charge in [0, 0.05) is 42.5 Å². The lowest BCUT2D eigenvalue weighted by molar-refractivity contribution is -0.143. The van der Waals surface area contributed by atoms with Gasteiger partial charge in [-0.3, -0.25) is 39.1 Å². The van der Waals surface area contributed by atoms with Crippen LogP contribution in [0.5, 0.6) is 0 Å². The molecule has 2 N–H and O–H groups in total. The smallest absolute Gasteiger partial charge is 0.253 e. The van der Waals surface area contributed by atoms with E-state index in [0.29, 0.717) is 31.6 Å². The van der Waals surface area contributed by atoms with Gasteiger partial charge in [-0.25, -0.2) is 0 Å². The van der Waals surface area contributed by atoms with Gasteiger partial charge in [0.25, 0.3) is 11.8 Å². The Morgan fingerprint density at radius 3 is 2.14 bits per heavy atom. The average Bonchev–Trinajstić information content (AvgIpc) is 3.51. The van der Waals surface area contributed by atoms with E-state index in [4.69, 9.17) is 0 Å². The van der Waals surface area contributed by atoms with Crippen molar-refractivity contribution in [1.29, 1.82) is 0 Å². The molecule has 0 aromatic heterocycles. The van der Waals surface area contributed by atoms with E-state index in [-0.39, 0.29) is 41.5 Å². The summed E-state index contributed by atoms with van der Waals surface area (Å²) in [6, 6.07) is 7.07. The molecule has 4 aliphatic rings. The third-order valence-electron chi connectivity index (χ3n) is 7.78. The first kappa shape index (κ1) is 23.4. The Bertz CT molecular complexity index is 1130. The van der Waals surface area contributed by atoms with Crippen LogP contribution in [0, 0.1) is 17.8 Å². The highest BCUT2D eigenvalue weighted by molar-refractivity contribution is 6.15. The van der Waals surface area contributed by atoms with Gasteiger partial charge >= 0.3 is 0 Å². The fourth-order valence-corrected chi connectivity index (χ4v) is 6.09. The maximum Gasteiger partial charge on any atom is 0.253 e. The van der Waals surface area contributed by atoms with E-state index in [1.807, 2.05) is 38.1 Å². The molecule has 5 amide bonds. The van der Waals surface area contributed by atoms with Crippen LogP contribution < -0.4 is 10.6 Å². The van der Waals surface area contributed by atoms with Gasteiger partial charge < -0.3 is 5.32 Å². The van der Waals surface area contributed by atoms with E-state index in [2.05, 4.69) is 10.6 Å². The monoisotopic (exact) mass is 478 g/mol. The first-order chi connectivity index (χ1) is 16.8. The van der Waals surface area contributed by atoms with Crippen LogP contribution in [-0.2, 0) is 29.5 Å². The molecule has 35 heavy (non-hydrogen) atoms. The van der Waals surface area contributed by atoms with E-state index < -0.39 is 17.4 Å². The van der Waals surface area contributed by atoms with Crippen molar-refractivity contribution in [3.8, 4) is 0 Å². The summed E-state index contributed by atoms with van der Waals surface area (Å²) in [4.78, 5) is 66.3. The van der Waals surface area contributed by atoms with Gasteiger partial charge in [0.05, 0.1) is 11.8 Å². The molecular weight excluding hydrogens is 448 g/mol. The molecule has 1 aromatic carbocycles. The van der Waals surface area contributed by atoms with Gasteiger partial charge in [-0.15, -0.1) is 0 Å². The van der Waals surface area contributed by atoms with Crippen LogP contribution in [0.2, 0.25) is 0 Å². The van der Waals surface area contributed by atoms with Crippen molar-refractivity contribution in [2.45, 2.75) is 51.1 Å². The minimum Gasteiger partial charge on any atom is -0.324 e. The molecule has 0 unspecified atom stereocenters. The number of imide groups is 2. The van der Waals surface area contributed by atoms with Gasteiger partial charge in [-0.1, -0.05) is 44.9 Å².